The van der Waals surface area contributed by atoms with Gasteiger partial charge in [-0.15, -0.1) is 0 Å². The van der Waals surface area contributed by atoms with E-state index in [2.05, 4.69) is 4.98 Å². The van der Waals surface area contributed by atoms with E-state index in [1.165, 1.54) is 0 Å². The minimum Gasteiger partial charge on any atom is -0.465 e. The van der Waals surface area contributed by atoms with E-state index in [1.807, 2.05) is 13.0 Å². The molecule has 0 radical (unpaired) electrons. The van der Waals surface area contributed by atoms with Gasteiger partial charge < -0.3 is 4.74 Å². The summed E-state index contributed by atoms with van der Waals surface area (Å²) in [7, 11) is 0. The van der Waals surface area contributed by atoms with E-state index in [4.69, 9.17) is 4.74 Å². The predicted molar refractivity (Wildman–Crippen MR) is 63.7 cm³/mol. The minimum absolute atomic E-state index is 0.269. The Labute approximate surface area is 101 Å². The minimum atomic E-state index is -0.746. The lowest BCUT2D eigenvalue weighted by molar-refractivity contribution is -0.146. The number of pyridine rings is 1. The SMILES string of the molecule is CCOC(=O)C(CC)C(=O)c1cc(C)ccn1. The van der Waals surface area contributed by atoms with E-state index in [0.717, 1.165) is 5.56 Å². The normalized spacial score (nSPS) is 11.9. The quantitative estimate of drug-likeness (QED) is 0.446. The molecule has 0 bridgehead atoms. The molecule has 1 atom stereocenters. The first-order chi connectivity index (χ1) is 8.10. The maximum atomic E-state index is 12.1. The third kappa shape index (κ3) is 3.37. The third-order valence-corrected chi connectivity index (χ3v) is 2.46. The Hall–Kier alpha value is -1.71. The molecule has 1 unspecified atom stereocenters. The molecule has 1 aromatic rings. The maximum Gasteiger partial charge on any atom is 0.316 e. The van der Waals surface area contributed by atoms with Crippen LogP contribution in [0.2, 0.25) is 0 Å². The van der Waals surface area contributed by atoms with Crippen LogP contribution >= 0.6 is 0 Å². The summed E-state index contributed by atoms with van der Waals surface area (Å²) in [4.78, 5) is 27.7. The molecule has 17 heavy (non-hydrogen) atoms. The summed E-state index contributed by atoms with van der Waals surface area (Å²) < 4.78 is 4.88. The fourth-order valence-corrected chi connectivity index (χ4v) is 1.55. The van der Waals surface area contributed by atoms with Crippen LogP contribution in [-0.4, -0.2) is 23.3 Å². The van der Waals surface area contributed by atoms with Crippen LogP contribution in [0.1, 0.15) is 36.3 Å². The number of hydrogen-bond donors (Lipinski definition) is 0. The summed E-state index contributed by atoms with van der Waals surface area (Å²) in [6.07, 6.45) is 1.99. The summed E-state index contributed by atoms with van der Waals surface area (Å²) in [6.45, 7) is 5.67. The van der Waals surface area contributed by atoms with Crippen LogP contribution in [0.3, 0.4) is 0 Å². The van der Waals surface area contributed by atoms with E-state index in [9.17, 15) is 9.59 Å². The molecular formula is C13H17NO3. The fourth-order valence-electron chi connectivity index (χ4n) is 1.55. The lowest BCUT2D eigenvalue weighted by atomic mass is 9.98. The van der Waals surface area contributed by atoms with Gasteiger partial charge in [-0.1, -0.05) is 6.92 Å². The van der Waals surface area contributed by atoms with Crippen molar-refractivity contribution in [3.05, 3.63) is 29.6 Å². The fraction of sp³-hybridized carbons (Fsp3) is 0.462. The van der Waals surface area contributed by atoms with Gasteiger partial charge in [0.25, 0.3) is 0 Å². The van der Waals surface area contributed by atoms with Crippen LogP contribution in [0, 0.1) is 12.8 Å². The molecule has 0 saturated carbocycles. The van der Waals surface area contributed by atoms with Crippen LogP contribution in [0.25, 0.3) is 0 Å². The van der Waals surface area contributed by atoms with Crippen LogP contribution in [0.15, 0.2) is 18.3 Å². The van der Waals surface area contributed by atoms with Crippen molar-refractivity contribution in [2.45, 2.75) is 27.2 Å². The zero-order valence-electron chi connectivity index (χ0n) is 10.4. The van der Waals surface area contributed by atoms with Crippen molar-refractivity contribution in [2.24, 2.45) is 5.92 Å². The van der Waals surface area contributed by atoms with Gasteiger partial charge >= 0.3 is 5.97 Å². The average molecular weight is 235 g/mol. The molecule has 0 aliphatic heterocycles. The maximum absolute atomic E-state index is 12.1. The van der Waals surface area contributed by atoms with Crippen LogP contribution < -0.4 is 0 Å². The van der Waals surface area contributed by atoms with E-state index < -0.39 is 11.9 Å². The summed E-state index contributed by atoms with van der Waals surface area (Å²) in [5, 5.41) is 0. The van der Waals surface area contributed by atoms with Crippen molar-refractivity contribution in [2.75, 3.05) is 6.61 Å². The molecule has 0 saturated heterocycles. The number of aromatic nitrogens is 1. The molecule has 0 fully saturated rings. The molecule has 1 aromatic heterocycles. The second kappa shape index (κ2) is 6.13. The van der Waals surface area contributed by atoms with Crippen molar-refractivity contribution in [1.29, 1.82) is 0 Å². The Bertz CT molecular complexity index is 415. The number of aryl methyl sites for hydroxylation is 1. The largest absolute Gasteiger partial charge is 0.465 e. The standard InChI is InChI=1S/C13H17NO3/c1-4-10(13(16)17-5-2)12(15)11-8-9(3)6-7-14-11/h6-8,10H,4-5H2,1-3H3. The molecule has 4 nitrogen and oxygen atoms in total. The van der Waals surface area contributed by atoms with Crippen molar-refractivity contribution < 1.29 is 14.3 Å². The number of carbonyl (C=O) groups excluding carboxylic acids is 2. The number of ether oxygens (including phenoxy) is 1. The van der Waals surface area contributed by atoms with Crippen LogP contribution in [-0.2, 0) is 9.53 Å². The summed E-state index contributed by atoms with van der Waals surface area (Å²) in [5.41, 5.74) is 1.27. The zero-order chi connectivity index (χ0) is 12.8. The highest BCUT2D eigenvalue weighted by atomic mass is 16.5. The number of rotatable bonds is 5. The second-order valence-electron chi connectivity index (χ2n) is 3.80. The molecule has 1 rings (SSSR count). The lowest BCUT2D eigenvalue weighted by Gasteiger charge is -2.11. The Morgan fingerprint density at radius 1 is 1.41 bits per heavy atom. The van der Waals surface area contributed by atoms with Gasteiger partial charge in [0.1, 0.15) is 11.6 Å². The molecular weight excluding hydrogens is 218 g/mol. The Kier molecular flexibility index (Phi) is 4.82. The van der Waals surface area contributed by atoms with Crippen LogP contribution in [0.4, 0.5) is 0 Å². The van der Waals surface area contributed by atoms with Crippen molar-refractivity contribution >= 4 is 11.8 Å². The van der Waals surface area contributed by atoms with Crippen molar-refractivity contribution in [3.8, 4) is 0 Å². The third-order valence-electron chi connectivity index (χ3n) is 2.46. The highest BCUT2D eigenvalue weighted by molar-refractivity contribution is 6.07. The molecule has 0 N–H and O–H groups in total. The number of esters is 1. The number of Topliss-reactive ketones (excluding diaryl/α,β-unsaturated/α-hetero) is 1. The molecule has 0 amide bonds. The zero-order valence-corrected chi connectivity index (χ0v) is 10.4. The number of nitrogens with zero attached hydrogens (tertiary/aromatic N) is 1. The molecule has 1 heterocycles. The summed E-state index contributed by atoms with van der Waals surface area (Å²) >= 11 is 0. The number of hydrogen-bond acceptors (Lipinski definition) is 4. The Morgan fingerprint density at radius 2 is 2.12 bits per heavy atom. The van der Waals surface area contributed by atoms with Gasteiger partial charge in [-0.3, -0.25) is 14.6 Å². The smallest absolute Gasteiger partial charge is 0.316 e. The molecule has 0 spiro atoms. The van der Waals surface area contributed by atoms with Gasteiger partial charge in [0, 0.05) is 6.20 Å². The van der Waals surface area contributed by atoms with Gasteiger partial charge in [0.05, 0.1) is 6.61 Å². The Morgan fingerprint density at radius 3 is 2.65 bits per heavy atom. The van der Waals surface area contributed by atoms with Gasteiger partial charge in [0.15, 0.2) is 5.78 Å². The average Bonchev–Trinajstić information content (AvgIpc) is 2.30. The molecule has 92 valence electrons. The van der Waals surface area contributed by atoms with Gasteiger partial charge in [-0.25, -0.2) is 0 Å². The van der Waals surface area contributed by atoms with Gasteiger partial charge in [0.2, 0.25) is 0 Å². The van der Waals surface area contributed by atoms with E-state index in [1.54, 1.807) is 26.1 Å². The lowest BCUT2D eigenvalue weighted by Crippen LogP contribution is -2.26. The summed E-state index contributed by atoms with van der Waals surface area (Å²) in [6, 6.07) is 3.49. The predicted octanol–water partition coefficient (Wildman–Crippen LogP) is 2.16. The number of carbonyl (C=O) groups is 2. The van der Waals surface area contributed by atoms with Crippen molar-refractivity contribution in [3.63, 3.8) is 0 Å². The van der Waals surface area contributed by atoms with Crippen molar-refractivity contribution in [1.82, 2.24) is 4.98 Å². The summed E-state index contributed by atoms with van der Waals surface area (Å²) in [5.74, 6) is -1.48. The van der Waals surface area contributed by atoms with E-state index >= 15 is 0 Å². The first kappa shape index (κ1) is 13.4. The van der Waals surface area contributed by atoms with E-state index in [-0.39, 0.29) is 12.4 Å². The first-order valence-corrected chi connectivity index (χ1v) is 5.73. The van der Waals surface area contributed by atoms with Crippen LogP contribution in [0.5, 0.6) is 0 Å². The van der Waals surface area contributed by atoms with Gasteiger partial charge in [-0.2, -0.15) is 0 Å². The molecule has 0 aromatic carbocycles. The molecule has 0 aliphatic carbocycles. The molecule has 4 heteroatoms. The highest BCUT2D eigenvalue weighted by Gasteiger charge is 2.27. The highest BCUT2D eigenvalue weighted by Crippen LogP contribution is 2.13. The second-order valence-corrected chi connectivity index (χ2v) is 3.80. The number of ketones is 1. The Balaban J connectivity index is 2.90. The monoisotopic (exact) mass is 235 g/mol. The van der Waals surface area contributed by atoms with Gasteiger partial charge in [-0.05, 0) is 38.0 Å². The van der Waals surface area contributed by atoms with E-state index in [0.29, 0.717) is 12.1 Å². The molecule has 0 aliphatic rings. The first-order valence-electron chi connectivity index (χ1n) is 5.73. The topological polar surface area (TPSA) is 56.3 Å².